The first kappa shape index (κ1) is 20.7. The molecule has 0 saturated carbocycles. The van der Waals surface area contributed by atoms with Crippen molar-refractivity contribution >= 4 is 29.9 Å². The molecule has 1 saturated heterocycles. The lowest BCUT2D eigenvalue weighted by Gasteiger charge is -2.31. The second kappa shape index (κ2) is 9.35. The lowest BCUT2D eigenvalue weighted by Crippen LogP contribution is -2.47. The van der Waals surface area contributed by atoms with Crippen molar-refractivity contribution in [2.75, 3.05) is 20.1 Å². The highest BCUT2D eigenvalue weighted by Crippen LogP contribution is 2.21. The molecule has 6 nitrogen and oxygen atoms in total. The molecule has 1 amide bonds. The smallest absolute Gasteiger partial charge is 0.293 e. The molecule has 142 valence electrons. The van der Waals surface area contributed by atoms with Gasteiger partial charge < -0.3 is 10.2 Å². The Morgan fingerprint density at radius 2 is 2.15 bits per heavy atom. The summed E-state index contributed by atoms with van der Waals surface area (Å²) in [5.74, 6) is 0.907. The molecule has 1 fully saturated rings. The van der Waals surface area contributed by atoms with Crippen LogP contribution in [0.2, 0.25) is 5.02 Å². The minimum absolute atomic E-state index is 0. The van der Waals surface area contributed by atoms with Crippen LogP contribution in [0.5, 0.6) is 0 Å². The van der Waals surface area contributed by atoms with Crippen LogP contribution in [0.3, 0.4) is 0 Å². The average molecular weight is 398 g/mol. The van der Waals surface area contributed by atoms with Crippen LogP contribution in [0, 0.1) is 0 Å². The Kier molecular flexibility index (Phi) is 7.43. The summed E-state index contributed by atoms with van der Waals surface area (Å²) in [6, 6.07) is 7.82. The number of nitrogens with one attached hydrogen (secondary N) is 1. The molecule has 3 rings (SSSR count). The van der Waals surface area contributed by atoms with Gasteiger partial charge in [0.15, 0.2) is 0 Å². The standard InChI is InChI=1S/C18H24ClN5O.ClH/c1-3-7-16-21-17(18(25)23-11-6-8-13(12-23)20-2)22-24(16)15-10-5-4-9-14(15)19;/h4-5,9-10,13,20H,3,6-8,11-12H2,1-2H3;1H. The van der Waals surface area contributed by atoms with E-state index in [4.69, 9.17) is 11.6 Å². The maximum atomic E-state index is 12.9. The van der Waals surface area contributed by atoms with E-state index in [1.54, 1.807) is 4.68 Å². The summed E-state index contributed by atoms with van der Waals surface area (Å²) >= 11 is 6.31. The number of nitrogens with zero attached hydrogens (tertiary/aromatic N) is 4. The molecule has 0 radical (unpaired) electrons. The van der Waals surface area contributed by atoms with Gasteiger partial charge in [-0.25, -0.2) is 9.67 Å². The second-order valence-electron chi connectivity index (χ2n) is 6.34. The number of likely N-dealkylation sites (tertiary alicyclic amines) is 1. The summed E-state index contributed by atoms with van der Waals surface area (Å²) in [6.07, 6.45) is 3.74. The molecule has 1 aromatic heterocycles. The normalized spacial score (nSPS) is 17.0. The van der Waals surface area contributed by atoms with Crippen LogP contribution < -0.4 is 5.32 Å². The third-order valence-electron chi connectivity index (χ3n) is 4.54. The summed E-state index contributed by atoms with van der Waals surface area (Å²) < 4.78 is 1.71. The Bertz CT molecular complexity index is 749. The van der Waals surface area contributed by atoms with E-state index in [1.807, 2.05) is 36.2 Å². The fourth-order valence-electron chi connectivity index (χ4n) is 3.18. The van der Waals surface area contributed by atoms with Crippen LogP contribution in [0.1, 0.15) is 42.6 Å². The van der Waals surface area contributed by atoms with Gasteiger partial charge in [-0.05, 0) is 38.4 Å². The number of aryl methyl sites for hydroxylation is 1. The predicted molar refractivity (Wildman–Crippen MR) is 106 cm³/mol. The summed E-state index contributed by atoms with van der Waals surface area (Å²) in [6.45, 7) is 3.52. The number of likely N-dealkylation sites (N-methyl/N-ethyl adjacent to an activating group) is 1. The number of amides is 1. The molecule has 26 heavy (non-hydrogen) atoms. The molecule has 1 unspecified atom stereocenters. The Balaban J connectivity index is 0.00000243. The molecule has 2 heterocycles. The fourth-order valence-corrected chi connectivity index (χ4v) is 3.39. The molecular weight excluding hydrogens is 373 g/mol. The molecule has 2 aromatic rings. The molecule has 8 heteroatoms. The average Bonchev–Trinajstić information content (AvgIpc) is 3.05. The number of halogens is 2. The number of hydrogen-bond donors (Lipinski definition) is 1. The fraction of sp³-hybridized carbons (Fsp3) is 0.500. The zero-order valence-corrected chi connectivity index (χ0v) is 16.7. The minimum Gasteiger partial charge on any atom is -0.334 e. The van der Waals surface area contributed by atoms with E-state index in [-0.39, 0.29) is 24.1 Å². The lowest BCUT2D eigenvalue weighted by molar-refractivity contribution is 0.0686. The Labute approximate surface area is 165 Å². The third-order valence-corrected chi connectivity index (χ3v) is 4.86. The Morgan fingerprint density at radius 3 is 2.85 bits per heavy atom. The molecule has 1 aliphatic rings. The zero-order valence-electron chi connectivity index (χ0n) is 15.1. The van der Waals surface area contributed by atoms with Crippen LogP contribution in [0.15, 0.2) is 24.3 Å². The van der Waals surface area contributed by atoms with Gasteiger partial charge in [0.2, 0.25) is 5.82 Å². The quantitative estimate of drug-likeness (QED) is 0.841. The molecule has 1 aromatic carbocycles. The highest BCUT2D eigenvalue weighted by molar-refractivity contribution is 6.32. The molecule has 1 aliphatic heterocycles. The molecule has 1 N–H and O–H groups in total. The lowest BCUT2D eigenvalue weighted by atomic mass is 10.1. The first-order valence-electron chi connectivity index (χ1n) is 8.81. The van der Waals surface area contributed by atoms with E-state index < -0.39 is 0 Å². The van der Waals surface area contributed by atoms with E-state index in [0.717, 1.165) is 43.7 Å². The van der Waals surface area contributed by atoms with Crippen molar-refractivity contribution in [3.8, 4) is 5.69 Å². The maximum Gasteiger partial charge on any atom is 0.293 e. The van der Waals surface area contributed by atoms with Gasteiger partial charge in [0.25, 0.3) is 5.91 Å². The van der Waals surface area contributed by atoms with Crippen molar-refractivity contribution in [3.05, 3.63) is 40.9 Å². The molecular formula is C18H25Cl2N5O. The van der Waals surface area contributed by atoms with E-state index in [1.165, 1.54) is 0 Å². The number of carbonyl (C=O) groups excluding carboxylic acids is 1. The molecule has 0 spiro atoms. The zero-order chi connectivity index (χ0) is 17.8. The van der Waals surface area contributed by atoms with E-state index >= 15 is 0 Å². The number of hydrogen-bond acceptors (Lipinski definition) is 4. The van der Waals surface area contributed by atoms with Gasteiger partial charge in [-0.2, -0.15) is 0 Å². The number of carbonyl (C=O) groups is 1. The predicted octanol–water partition coefficient (Wildman–Crippen LogP) is 3.12. The topological polar surface area (TPSA) is 63.1 Å². The van der Waals surface area contributed by atoms with Crippen molar-refractivity contribution < 1.29 is 4.79 Å². The first-order valence-corrected chi connectivity index (χ1v) is 9.19. The van der Waals surface area contributed by atoms with Crippen molar-refractivity contribution in [2.45, 2.75) is 38.6 Å². The minimum atomic E-state index is -0.108. The van der Waals surface area contributed by atoms with E-state index in [9.17, 15) is 4.79 Å². The van der Waals surface area contributed by atoms with E-state index in [2.05, 4.69) is 22.3 Å². The highest BCUT2D eigenvalue weighted by Gasteiger charge is 2.27. The van der Waals surface area contributed by atoms with Gasteiger partial charge in [-0.1, -0.05) is 30.7 Å². The number of aromatic nitrogens is 3. The summed E-state index contributed by atoms with van der Waals surface area (Å²) in [5, 5.41) is 8.34. The van der Waals surface area contributed by atoms with E-state index in [0.29, 0.717) is 17.6 Å². The monoisotopic (exact) mass is 397 g/mol. The highest BCUT2D eigenvalue weighted by atomic mass is 35.5. The van der Waals surface area contributed by atoms with Gasteiger partial charge in [0, 0.05) is 25.6 Å². The number of benzene rings is 1. The summed E-state index contributed by atoms with van der Waals surface area (Å²) in [4.78, 5) is 19.2. The number of para-hydroxylation sites is 1. The van der Waals surface area contributed by atoms with Gasteiger partial charge in [-0.15, -0.1) is 17.5 Å². The van der Waals surface area contributed by atoms with Crippen molar-refractivity contribution in [3.63, 3.8) is 0 Å². The van der Waals surface area contributed by atoms with Crippen LogP contribution in [0.4, 0.5) is 0 Å². The SMILES string of the molecule is CCCc1nc(C(=O)N2CCCC(NC)C2)nn1-c1ccccc1Cl.Cl. The largest absolute Gasteiger partial charge is 0.334 e. The second-order valence-corrected chi connectivity index (χ2v) is 6.75. The van der Waals surface area contributed by atoms with Crippen LogP contribution in [0.25, 0.3) is 5.69 Å². The van der Waals surface area contributed by atoms with Gasteiger partial charge in [0.05, 0.1) is 10.7 Å². The molecule has 0 bridgehead atoms. The Hall–Kier alpha value is -1.63. The molecule has 0 aliphatic carbocycles. The van der Waals surface area contributed by atoms with Crippen LogP contribution in [-0.4, -0.2) is 51.8 Å². The number of rotatable bonds is 5. The summed E-state index contributed by atoms with van der Waals surface area (Å²) in [7, 11) is 1.93. The van der Waals surface area contributed by atoms with Crippen LogP contribution in [-0.2, 0) is 6.42 Å². The summed E-state index contributed by atoms with van der Waals surface area (Å²) in [5.41, 5.74) is 0.755. The van der Waals surface area contributed by atoms with Crippen molar-refractivity contribution in [2.24, 2.45) is 0 Å². The molecule has 1 atom stereocenters. The number of piperidine rings is 1. The van der Waals surface area contributed by atoms with Gasteiger partial charge in [-0.3, -0.25) is 4.79 Å². The Morgan fingerprint density at radius 1 is 1.38 bits per heavy atom. The van der Waals surface area contributed by atoms with Crippen molar-refractivity contribution in [1.82, 2.24) is 25.0 Å². The first-order chi connectivity index (χ1) is 12.1. The van der Waals surface area contributed by atoms with Crippen LogP contribution >= 0.6 is 24.0 Å². The third kappa shape index (κ3) is 4.37. The maximum absolute atomic E-state index is 12.9. The van der Waals surface area contributed by atoms with Gasteiger partial charge >= 0.3 is 0 Å². The van der Waals surface area contributed by atoms with Crippen molar-refractivity contribution in [1.29, 1.82) is 0 Å². The van der Waals surface area contributed by atoms with Gasteiger partial charge in [0.1, 0.15) is 5.82 Å².